The number of alkyl halides is 3. The Morgan fingerprint density at radius 1 is 1.03 bits per heavy atom. The number of urea groups is 1. The fourth-order valence-corrected chi connectivity index (χ4v) is 4.55. The topological polar surface area (TPSA) is 82.6 Å². The Morgan fingerprint density at radius 3 is 2.32 bits per heavy atom. The van der Waals surface area contributed by atoms with Crippen molar-refractivity contribution in [1.29, 1.82) is 0 Å². The molecule has 0 aliphatic carbocycles. The van der Waals surface area contributed by atoms with Crippen LogP contribution in [0, 0.1) is 0 Å². The third-order valence-corrected chi connectivity index (χ3v) is 6.91. The number of thioether (sulfide) groups is 1. The Balaban J connectivity index is 1.48. The third-order valence-electron chi connectivity index (χ3n) is 5.92. The second-order valence-corrected chi connectivity index (χ2v) is 10.5. The molecule has 38 heavy (non-hydrogen) atoms. The molecule has 4 rings (SSSR count). The maximum atomic E-state index is 13.3. The maximum Gasteiger partial charge on any atom is 0.446 e. The first kappa shape index (κ1) is 27.5. The molecule has 2 aromatic carbocycles. The molecular weight excluding hydrogens is 541 g/mol. The van der Waals surface area contributed by atoms with E-state index in [0.29, 0.717) is 10.6 Å². The summed E-state index contributed by atoms with van der Waals surface area (Å²) in [6.07, 6.45) is 1.44. The summed E-state index contributed by atoms with van der Waals surface area (Å²) in [6.45, 7) is 3.45. The lowest BCUT2D eigenvalue weighted by atomic mass is 10.0. The molecule has 0 unspecified atom stereocenters. The highest BCUT2D eigenvalue weighted by Gasteiger charge is 2.51. The van der Waals surface area contributed by atoms with Gasteiger partial charge in [-0.1, -0.05) is 23.7 Å². The van der Waals surface area contributed by atoms with Crippen molar-refractivity contribution >= 4 is 46.9 Å². The van der Waals surface area contributed by atoms with E-state index in [0.717, 1.165) is 10.5 Å². The second-order valence-electron chi connectivity index (χ2n) is 8.97. The van der Waals surface area contributed by atoms with E-state index in [9.17, 15) is 27.6 Å². The molecule has 0 saturated carbocycles. The van der Waals surface area contributed by atoms with Gasteiger partial charge in [-0.3, -0.25) is 14.6 Å². The monoisotopic (exact) mass is 562 g/mol. The minimum atomic E-state index is -4.45. The van der Waals surface area contributed by atoms with E-state index in [2.05, 4.69) is 10.3 Å². The van der Waals surface area contributed by atoms with Crippen LogP contribution in [0.25, 0.3) is 0 Å². The van der Waals surface area contributed by atoms with Crippen LogP contribution in [0.3, 0.4) is 0 Å². The van der Waals surface area contributed by atoms with E-state index in [1.54, 1.807) is 44.2 Å². The number of carbonyl (C=O) groups excluding carboxylic acids is 3. The van der Waals surface area contributed by atoms with Gasteiger partial charge in [-0.2, -0.15) is 13.2 Å². The number of carbonyl (C=O) groups is 3. The van der Waals surface area contributed by atoms with Gasteiger partial charge in [0.05, 0.1) is 5.69 Å². The highest BCUT2D eigenvalue weighted by atomic mass is 35.5. The number of anilines is 1. The predicted octanol–water partition coefficient (Wildman–Crippen LogP) is 6.02. The number of aromatic nitrogens is 1. The molecule has 0 atom stereocenters. The van der Waals surface area contributed by atoms with Crippen LogP contribution in [-0.2, 0) is 17.9 Å². The van der Waals surface area contributed by atoms with Gasteiger partial charge in [-0.25, -0.2) is 9.69 Å². The van der Waals surface area contributed by atoms with Crippen molar-refractivity contribution in [3.63, 3.8) is 0 Å². The van der Waals surface area contributed by atoms with Crippen molar-refractivity contribution in [2.75, 3.05) is 4.90 Å². The quantitative estimate of drug-likeness (QED) is 0.281. The first-order chi connectivity index (χ1) is 17.8. The molecule has 1 aromatic heterocycles. The van der Waals surface area contributed by atoms with Crippen molar-refractivity contribution in [3.05, 3.63) is 88.7 Å². The van der Waals surface area contributed by atoms with Crippen molar-refractivity contribution in [2.45, 2.75) is 42.9 Å². The van der Waals surface area contributed by atoms with Crippen molar-refractivity contribution in [1.82, 2.24) is 15.2 Å². The number of nitrogens with zero attached hydrogens (tertiary/aromatic N) is 3. The minimum Gasteiger partial charge on any atom is -0.347 e. The van der Waals surface area contributed by atoms with E-state index >= 15 is 0 Å². The molecule has 0 spiro atoms. The number of imide groups is 1. The molecule has 4 amide bonds. The molecule has 1 N–H and O–H groups in total. The largest absolute Gasteiger partial charge is 0.446 e. The molecule has 0 radical (unpaired) electrons. The molecule has 198 valence electrons. The van der Waals surface area contributed by atoms with Crippen LogP contribution >= 0.6 is 23.4 Å². The van der Waals surface area contributed by atoms with Gasteiger partial charge >= 0.3 is 11.5 Å². The van der Waals surface area contributed by atoms with Gasteiger partial charge < -0.3 is 10.2 Å². The van der Waals surface area contributed by atoms with Crippen LogP contribution in [0.5, 0.6) is 0 Å². The summed E-state index contributed by atoms with van der Waals surface area (Å²) < 4.78 is 37.9. The molecule has 1 fully saturated rings. The summed E-state index contributed by atoms with van der Waals surface area (Å²) in [5, 5.41) is 3.36. The van der Waals surface area contributed by atoms with Crippen LogP contribution < -0.4 is 10.2 Å². The Kier molecular flexibility index (Phi) is 7.70. The highest BCUT2D eigenvalue weighted by molar-refractivity contribution is 8.00. The van der Waals surface area contributed by atoms with Gasteiger partial charge in [0.2, 0.25) is 0 Å². The van der Waals surface area contributed by atoms with E-state index in [-0.39, 0.29) is 41.1 Å². The summed E-state index contributed by atoms with van der Waals surface area (Å²) in [4.78, 5) is 45.5. The lowest BCUT2D eigenvalue weighted by Gasteiger charge is -2.27. The summed E-state index contributed by atoms with van der Waals surface area (Å²) in [7, 11) is 0. The SMILES string of the molecule is CC1(C)C(=O)N(c2ccc(SC(F)(F)F)cc2)C(=O)N1Cc1ccnc(C(=O)NCc2ccc(Cl)cc2)c1. The lowest BCUT2D eigenvalue weighted by Crippen LogP contribution is -2.43. The fraction of sp³-hybridized carbons (Fsp3) is 0.231. The lowest BCUT2D eigenvalue weighted by molar-refractivity contribution is -0.123. The smallest absolute Gasteiger partial charge is 0.347 e. The molecule has 12 heteroatoms. The normalized spacial score (nSPS) is 15.2. The first-order valence-corrected chi connectivity index (χ1v) is 12.5. The Bertz CT molecular complexity index is 1370. The first-order valence-electron chi connectivity index (χ1n) is 11.3. The number of hydrogen-bond acceptors (Lipinski definition) is 5. The van der Waals surface area contributed by atoms with Crippen LogP contribution in [0.4, 0.5) is 23.7 Å². The number of benzene rings is 2. The standard InChI is InChI=1S/C26H22ClF3N4O3S/c1-25(2)23(36)34(19-7-9-20(10-8-19)38-26(28,29)30)24(37)33(25)15-17-11-12-31-21(13-17)22(35)32-14-16-3-5-18(27)6-4-16/h3-13H,14-15H2,1-2H3,(H,32,35). The van der Waals surface area contributed by atoms with Crippen molar-refractivity contribution < 1.29 is 27.6 Å². The Hall–Kier alpha value is -3.57. The van der Waals surface area contributed by atoms with Crippen LogP contribution in [0.1, 0.15) is 35.5 Å². The van der Waals surface area contributed by atoms with Gasteiger partial charge in [0, 0.05) is 29.2 Å². The van der Waals surface area contributed by atoms with Gasteiger partial charge in [0.1, 0.15) is 11.2 Å². The Labute approximate surface area is 226 Å². The van der Waals surface area contributed by atoms with Crippen LogP contribution in [0.15, 0.2) is 71.8 Å². The van der Waals surface area contributed by atoms with Crippen molar-refractivity contribution in [2.24, 2.45) is 0 Å². The molecule has 2 heterocycles. The average Bonchev–Trinajstić information content (AvgIpc) is 3.02. The second kappa shape index (κ2) is 10.7. The van der Waals surface area contributed by atoms with E-state index in [1.165, 1.54) is 41.4 Å². The molecular formula is C26H22ClF3N4O3S. The molecule has 1 aliphatic heterocycles. The summed E-state index contributed by atoms with van der Waals surface area (Å²) >= 11 is 5.60. The highest BCUT2D eigenvalue weighted by Crippen LogP contribution is 2.39. The fourth-order valence-electron chi connectivity index (χ4n) is 3.88. The van der Waals surface area contributed by atoms with Gasteiger partial charge in [-0.15, -0.1) is 0 Å². The predicted molar refractivity (Wildman–Crippen MR) is 138 cm³/mol. The zero-order valence-electron chi connectivity index (χ0n) is 20.3. The number of halogens is 4. The summed E-state index contributed by atoms with van der Waals surface area (Å²) in [5.41, 5.74) is -3.95. The summed E-state index contributed by atoms with van der Waals surface area (Å²) in [5.74, 6) is -0.933. The number of hydrogen-bond donors (Lipinski definition) is 1. The third kappa shape index (κ3) is 6.11. The van der Waals surface area contributed by atoms with E-state index in [4.69, 9.17) is 11.6 Å². The van der Waals surface area contributed by atoms with E-state index in [1.807, 2.05) is 0 Å². The van der Waals surface area contributed by atoms with E-state index < -0.39 is 28.9 Å². The molecule has 3 aromatic rings. The van der Waals surface area contributed by atoms with Crippen LogP contribution in [-0.4, -0.2) is 38.8 Å². The van der Waals surface area contributed by atoms with Gasteiger partial charge in [0.25, 0.3) is 11.8 Å². The number of pyridine rings is 1. The molecule has 7 nitrogen and oxygen atoms in total. The summed E-state index contributed by atoms with van der Waals surface area (Å²) in [6, 6.07) is 14.6. The molecule has 1 saturated heterocycles. The molecule has 0 bridgehead atoms. The average molecular weight is 563 g/mol. The van der Waals surface area contributed by atoms with Crippen molar-refractivity contribution in [3.8, 4) is 0 Å². The number of nitrogens with one attached hydrogen (secondary N) is 1. The zero-order valence-corrected chi connectivity index (χ0v) is 21.8. The number of rotatable bonds is 7. The van der Waals surface area contributed by atoms with Gasteiger partial charge in [0.15, 0.2) is 0 Å². The van der Waals surface area contributed by atoms with Crippen LogP contribution in [0.2, 0.25) is 5.02 Å². The molecule has 1 aliphatic rings. The van der Waals surface area contributed by atoms with Gasteiger partial charge in [-0.05, 0) is 85.3 Å². The maximum absolute atomic E-state index is 13.3. The zero-order chi connectivity index (χ0) is 27.7. The minimum absolute atomic E-state index is 0.00999. The Morgan fingerprint density at radius 2 is 1.68 bits per heavy atom. The number of amides is 4.